The third-order valence-electron chi connectivity index (χ3n) is 4.90. The van der Waals surface area contributed by atoms with E-state index in [4.69, 9.17) is 25.6 Å². The maximum atomic E-state index is 13.2. The lowest BCUT2D eigenvalue weighted by atomic mass is 10.2. The van der Waals surface area contributed by atoms with Crippen LogP contribution in [0.3, 0.4) is 0 Å². The Kier molecular flexibility index (Phi) is 6.79. The molecule has 7 nitrogen and oxygen atoms in total. The molecule has 4 rings (SSSR count). The third kappa shape index (κ3) is 5.59. The molecular formula is C22H21ClFN3O4. The number of carbonyl (C=O) groups excluding carboxylic acids is 1. The van der Waals surface area contributed by atoms with Gasteiger partial charge in [0, 0.05) is 38.2 Å². The number of carbonyl (C=O) groups is 1. The van der Waals surface area contributed by atoms with Crippen molar-refractivity contribution in [3.05, 3.63) is 76.6 Å². The van der Waals surface area contributed by atoms with E-state index < -0.39 is 5.82 Å². The lowest BCUT2D eigenvalue weighted by Crippen LogP contribution is -2.37. The van der Waals surface area contributed by atoms with Crippen molar-refractivity contribution < 1.29 is 23.2 Å². The van der Waals surface area contributed by atoms with Crippen LogP contribution in [0.15, 0.2) is 53.3 Å². The molecule has 31 heavy (non-hydrogen) atoms. The highest BCUT2D eigenvalue weighted by molar-refractivity contribution is 6.32. The van der Waals surface area contributed by atoms with Gasteiger partial charge in [0.1, 0.15) is 18.2 Å². The lowest BCUT2D eigenvalue weighted by Gasteiger charge is -2.24. The molecule has 1 aliphatic heterocycles. The lowest BCUT2D eigenvalue weighted by molar-refractivity contribution is 0.0499. The molecule has 1 amide bonds. The molecule has 1 saturated heterocycles. The van der Waals surface area contributed by atoms with Crippen molar-refractivity contribution in [3.63, 3.8) is 0 Å². The van der Waals surface area contributed by atoms with E-state index in [1.165, 1.54) is 18.2 Å². The second kappa shape index (κ2) is 9.89. The van der Waals surface area contributed by atoms with Crippen LogP contribution in [0.2, 0.25) is 5.02 Å². The maximum absolute atomic E-state index is 13.2. The van der Waals surface area contributed by atoms with Gasteiger partial charge in [-0.2, -0.15) is 0 Å². The van der Waals surface area contributed by atoms with Crippen LogP contribution >= 0.6 is 11.6 Å². The van der Waals surface area contributed by atoms with Gasteiger partial charge in [0.25, 0.3) is 5.91 Å². The standard InChI is InChI=1S/C22H21ClFN3O4/c23-19-10-16(24)3-4-21(19)30-14-18-11-20(26-31-18)22(28)27(13-17-2-1-9-29-17)12-15-5-7-25-8-6-15/h3-8,10-11,17H,1-2,9,12-14H2/t17-/m1/s1. The monoisotopic (exact) mass is 445 g/mol. The summed E-state index contributed by atoms with van der Waals surface area (Å²) in [5.41, 5.74) is 1.13. The predicted octanol–water partition coefficient (Wildman–Crippen LogP) is 4.26. The summed E-state index contributed by atoms with van der Waals surface area (Å²) in [6, 6.07) is 9.11. The first-order valence-corrected chi connectivity index (χ1v) is 10.3. The predicted molar refractivity (Wildman–Crippen MR) is 110 cm³/mol. The van der Waals surface area contributed by atoms with E-state index in [9.17, 15) is 9.18 Å². The number of rotatable bonds is 8. The summed E-state index contributed by atoms with van der Waals surface area (Å²) in [5.74, 6) is -0.0534. The number of benzene rings is 1. The van der Waals surface area contributed by atoms with Crippen LogP contribution in [0.4, 0.5) is 4.39 Å². The molecule has 0 unspecified atom stereocenters. The van der Waals surface area contributed by atoms with Gasteiger partial charge in [-0.15, -0.1) is 0 Å². The minimum atomic E-state index is -0.453. The maximum Gasteiger partial charge on any atom is 0.276 e. The molecular weight excluding hydrogens is 425 g/mol. The summed E-state index contributed by atoms with van der Waals surface area (Å²) >= 11 is 5.96. The minimum Gasteiger partial charge on any atom is -0.484 e. The molecule has 1 fully saturated rings. The summed E-state index contributed by atoms with van der Waals surface area (Å²) in [6.07, 6.45) is 5.28. The zero-order chi connectivity index (χ0) is 21.6. The molecule has 0 spiro atoms. The summed E-state index contributed by atoms with van der Waals surface area (Å²) in [7, 11) is 0. The van der Waals surface area contributed by atoms with Crippen molar-refractivity contribution in [3.8, 4) is 5.75 Å². The number of amides is 1. The fourth-order valence-electron chi connectivity index (χ4n) is 3.35. The zero-order valence-electron chi connectivity index (χ0n) is 16.7. The Balaban J connectivity index is 1.44. The van der Waals surface area contributed by atoms with Gasteiger partial charge in [-0.05, 0) is 48.7 Å². The zero-order valence-corrected chi connectivity index (χ0v) is 17.4. The van der Waals surface area contributed by atoms with Crippen molar-refractivity contribution >= 4 is 17.5 Å². The number of pyridine rings is 1. The summed E-state index contributed by atoms with van der Waals surface area (Å²) < 4.78 is 29.7. The van der Waals surface area contributed by atoms with Crippen LogP contribution in [0.5, 0.6) is 5.75 Å². The van der Waals surface area contributed by atoms with Gasteiger partial charge < -0.3 is 18.9 Å². The fraction of sp³-hybridized carbons (Fsp3) is 0.318. The van der Waals surface area contributed by atoms with Crippen LogP contribution in [0, 0.1) is 5.82 Å². The highest BCUT2D eigenvalue weighted by atomic mass is 35.5. The number of hydrogen-bond donors (Lipinski definition) is 0. The number of nitrogens with zero attached hydrogens (tertiary/aromatic N) is 3. The molecule has 9 heteroatoms. The Bertz CT molecular complexity index is 1020. The van der Waals surface area contributed by atoms with Crippen molar-refractivity contribution in [2.24, 2.45) is 0 Å². The first kappa shape index (κ1) is 21.3. The highest BCUT2D eigenvalue weighted by Gasteiger charge is 2.26. The second-order valence-corrected chi connectivity index (χ2v) is 7.63. The van der Waals surface area contributed by atoms with Gasteiger partial charge in [-0.25, -0.2) is 4.39 Å². The Hall–Kier alpha value is -2.97. The summed E-state index contributed by atoms with van der Waals surface area (Å²) in [5, 5.41) is 4.06. The van der Waals surface area contributed by atoms with E-state index in [2.05, 4.69) is 10.1 Å². The molecule has 1 aliphatic rings. The van der Waals surface area contributed by atoms with Crippen LogP contribution in [-0.4, -0.2) is 40.2 Å². The Morgan fingerprint density at radius 2 is 2.10 bits per heavy atom. The van der Waals surface area contributed by atoms with E-state index in [1.54, 1.807) is 17.3 Å². The van der Waals surface area contributed by atoms with Crippen molar-refractivity contribution in [1.82, 2.24) is 15.0 Å². The average Bonchev–Trinajstić information content (AvgIpc) is 3.45. The van der Waals surface area contributed by atoms with E-state index >= 15 is 0 Å². The molecule has 3 heterocycles. The van der Waals surface area contributed by atoms with Gasteiger partial charge in [0.15, 0.2) is 11.5 Å². The minimum absolute atomic E-state index is 0.00103. The normalized spacial score (nSPS) is 15.7. The summed E-state index contributed by atoms with van der Waals surface area (Å²) in [4.78, 5) is 18.9. The molecule has 0 aliphatic carbocycles. The van der Waals surface area contributed by atoms with E-state index in [-0.39, 0.29) is 29.3 Å². The molecule has 2 aromatic heterocycles. The van der Waals surface area contributed by atoms with Gasteiger partial charge >= 0.3 is 0 Å². The molecule has 162 valence electrons. The van der Waals surface area contributed by atoms with Crippen molar-refractivity contribution in [2.45, 2.75) is 32.1 Å². The number of hydrogen-bond acceptors (Lipinski definition) is 6. The number of aromatic nitrogens is 2. The Labute approximate surface area is 183 Å². The van der Waals surface area contributed by atoms with E-state index in [0.717, 1.165) is 24.5 Å². The van der Waals surface area contributed by atoms with E-state index in [0.29, 0.717) is 31.2 Å². The van der Waals surface area contributed by atoms with Gasteiger partial charge in [0.2, 0.25) is 0 Å². The first-order valence-electron chi connectivity index (χ1n) is 9.92. The van der Waals surface area contributed by atoms with Gasteiger partial charge in [-0.1, -0.05) is 16.8 Å². The second-order valence-electron chi connectivity index (χ2n) is 7.22. The Morgan fingerprint density at radius 3 is 2.84 bits per heavy atom. The third-order valence-corrected chi connectivity index (χ3v) is 5.20. The van der Waals surface area contributed by atoms with Crippen LogP contribution in [-0.2, 0) is 17.9 Å². The molecule has 0 N–H and O–H groups in total. The smallest absolute Gasteiger partial charge is 0.276 e. The topological polar surface area (TPSA) is 77.7 Å². The fourth-order valence-corrected chi connectivity index (χ4v) is 3.57. The largest absolute Gasteiger partial charge is 0.484 e. The van der Waals surface area contributed by atoms with E-state index in [1.807, 2.05) is 12.1 Å². The van der Waals surface area contributed by atoms with Crippen molar-refractivity contribution in [1.29, 1.82) is 0 Å². The molecule has 0 saturated carbocycles. The molecule has 0 radical (unpaired) electrons. The van der Waals surface area contributed by atoms with Crippen LogP contribution in [0.25, 0.3) is 0 Å². The van der Waals surface area contributed by atoms with Gasteiger partial charge in [-0.3, -0.25) is 9.78 Å². The number of halogens is 2. The van der Waals surface area contributed by atoms with Crippen LogP contribution < -0.4 is 4.74 Å². The molecule has 3 aromatic rings. The average molecular weight is 446 g/mol. The highest BCUT2D eigenvalue weighted by Crippen LogP contribution is 2.26. The van der Waals surface area contributed by atoms with Crippen molar-refractivity contribution in [2.75, 3.05) is 13.2 Å². The van der Waals surface area contributed by atoms with Gasteiger partial charge in [0.05, 0.1) is 11.1 Å². The summed E-state index contributed by atoms with van der Waals surface area (Å²) in [6.45, 7) is 1.58. The molecule has 0 bridgehead atoms. The first-order chi connectivity index (χ1) is 15.1. The molecule has 1 aromatic carbocycles. The Morgan fingerprint density at radius 1 is 1.26 bits per heavy atom. The number of ether oxygens (including phenoxy) is 2. The SMILES string of the molecule is O=C(c1cc(COc2ccc(F)cc2Cl)on1)N(Cc1ccncc1)C[C@H]1CCCO1. The van der Waals surface area contributed by atoms with Crippen LogP contribution in [0.1, 0.15) is 34.7 Å². The molecule has 1 atom stereocenters. The quantitative estimate of drug-likeness (QED) is 0.515.